The van der Waals surface area contributed by atoms with Gasteiger partial charge < -0.3 is 15.2 Å². The summed E-state index contributed by atoms with van der Waals surface area (Å²) in [6.07, 6.45) is 8.06. The average Bonchev–Trinajstić information content (AvgIpc) is 2.96. The van der Waals surface area contributed by atoms with E-state index in [1.165, 1.54) is 6.42 Å². The van der Waals surface area contributed by atoms with Crippen LogP contribution in [-0.2, 0) is 6.54 Å². The van der Waals surface area contributed by atoms with Gasteiger partial charge in [-0.15, -0.1) is 10.2 Å². The van der Waals surface area contributed by atoms with Crippen molar-refractivity contribution in [2.45, 2.75) is 66.0 Å². The first-order valence-corrected chi connectivity index (χ1v) is 8.20. The lowest BCUT2D eigenvalue weighted by molar-refractivity contribution is 0.346. The molecule has 0 radical (unpaired) electrons. The molecule has 2 N–H and O–H groups in total. The molecule has 0 aliphatic heterocycles. The van der Waals surface area contributed by atoms with Crippen molar-refractivity contribution in [3.8, 4) is 0 Å². The van der Waals surface area contributed by atoms with Crippen molar-refractivity contribution in [1.29, 1.82) is 0 Å². The molecule has 1 aromatic rings. The quantitative estimate of drug-likeness (QED) is 0.440. The molecule has 1 aromatic heterocycles. The lowest BCUT2D eigenvalue weighted by Crippen LogP contribution is -2.42. The zero-order chi connectivity index (χ0) is 16.4. The molecular weight excluding hydrogens is 276 g/mol. The van der Waals surface area contributed by atoms with Gasteiger partial charge in [-0.2, -0.15) is 0 Å². The van der Waals surface area contributed by atoms with Gasteiger partial charge in [0.1, 0.15) is 12.7 Å². The van der Waals surface area contributed by atoms with Crippen molar-refractivity contribution in [1.82, 2.24) is 25.4 Å². The summed E-state index contributed by atoms with van der Waals surface area (Å²) in [5, 5.41) is 14.4. The highest BCUT2D eigenvalue weighted by Crippen LogP contribution is 2.21. The molecule has 0 spiro atoms. The number of aliphatic imine (C=N–C) groups is 1. The van der Waals surface area contributed by atoms with Gasteiger partial charge in [-0.25, -0.2) is 0 Å². The Labute approximate surface area is 134 Å². The number of rotatable bonds is 8. The first-order valence-electron chi connectivity index (χ1n) is 8.20. The Morgan fingerprint density at radius 3 is 2.50 bits per heavy atom. The van der Waals surface area contributed by atoms with Crippen molar-refractivity contribution < 1.29 is 0 Å². The fraction of sp³-hybridized carbons (Fsp3) is 0.812. The maximum atomic E-state index is 4.29. The van der Waals surface area contributed by atoms with Crippen molar-refractivity contribution >= 4 is 5.96 Å². The smallest absolute Gasteiger partial charge is 0.191 e. The fourth-order valence-electron chi connectivity index (χ4n) is 2.11. The SMILES string of the molecule is CN=C(NCCCCn1cnnc1)NC(C)CCC(C)(C)C. The van der Waals surface area contributed by atoms with E-state index in [2.05, 4.69) is 53.5 Å². The number of hydrogen-bond acceptors (Lipinski definition) is 3. The summed E-state index contributed by atoms with van der Waals surface area (Å²) in [5.41, 5.74) is 0.384. The number of nitrogens with zero attached hydrogens (tertiary/aromatic N) is 4. The first kappa shape index (κ1) is 18.5. The molecule has 0 amide bonds. The Hall–Kier alpha value is -1.59. The fourth-order valence-corrected chi connectivity index (χ4v) is 2.11. The lowest BCUT2D eigenvalue weighted by Gasteiger charge is -2.23. The lowest BCUT2D eigenvalue weighted by atomic mass is 9.89. The number of aryl methyl sites for hydroxylation is 1. The maximum absolute atomic E-state index is 4.29. The van der Waals surface area contributed by atoms with Gasteiger partial charge in [0.05, 0.1) is 0 Å². The molecule has 0 bridgehead atoms. The number of unbranched alkanes of at least 4 members (excludes halogenated alkanes) is 1. The van der Waals surface area contributed by atoms with Crippen LogP contribution in [0.5, 0.6) is 0 Å². The molecule has 1 heterocycles. The molecule has 1 unspecified atom stereocenters. The number of hydrogen-bond donors (Lipinski definition) is 2. The largest absolute Gasteiger partial charge is 0.356 e. The van der Waals surface area contributed by atoms with Crippen LogP contribution in [0.25, 0.3) is 0 Å². The monoisotopic (exact) mass is 308 g/mol. The average molecular weight is 308 g/mol. The zero-order valence-electron chi connectivity index (χ0n) is 14.8. The van der Waals surface area contributed by atoms with Crippen molar-refractivity contribution in [3.05, 3.63) is 12.7 Å². The third-order valence-corrected chi connectivity index (χ3v) is 3.54. The van der Waals surface area contributed by atoms with Crippen molar-refractivity contribution in [2.75, 3.05) is 13.6 Å². The molecule has 126 valence electrons. The Morgan fingerprint density at radius 2 is 1.91 bits per heavy atom. The maximum Gasteiger partial charge on any atom is 0.191 e. The summed E-state index contributed by atoms with van der Waals surface area (Å²) in [5.74, 6) is 0.894. The predicted octanol–water partition coefficient (Wildman–Crippen LogP) is 2.44. The molecule has 6 heteroatoms. The highest BCUT2D eigenvalue weighted by atomic mass is 15.2. The minimum absolute atomic E-state index is 0.384. The summed E-state index contributed by atoms with van der Waals surface area (Å²) >= 11 is 0. The number of guanidine groups is 1. The Balaban J connectivity index is 2.13. The van der Waals surface area contributed by atoms with Crippen LogP contribution in [-0.4, -0.2) is 40.4 Å². The van der Waals surface area contributed by atoms with Gasteiger partial charge in [-0.05, 0) is 38.0 Å². The molecule has 0 fully saturated rings. The van der Waals surface area contributed by atoms with Gasteiger partial charge in [-0.3, -0.25) is 4.99 Å². The van der Waals surface area contributed by atoms with Crippen LogP contribution in [0, 0.1) is 5.41 Å². The minimum atomic E-state index is 0.384. The van der Waals surface area contributed by atoms with E-state index < -0.39 is 0 Å². The third-order valence-electron chi connectivity index (χ3n) is 3.54. The van der Waals surface area contributed by atoms with Crippen LogP contribution in [0.3, 0.4) is 0 Å². The van der Waals surface area contributed by atoms with E-state index >= 15 is 0 Å². The standard InChI is InChI=1S/C16H32N6/c1-14(8-9-16(2,3)4)21-15(17-5)18-10-6-7-11-22-12-19-20-13-22/h12-14H,6-11H2,1-5H3,(H2,17,18,21). The van der Waals surface area contributed by atoms with Crippen LogP contribution in [0.2, 0.25) is 0 Å². The van der Waals surface area contributed by atoms with Crippen LogP contribution in [0.15, 0.2) is 17.6 Å². The molecule has 1 atom stereocenters. The minimum Gasteiger partial charge on any atom is -0.356 e. The molecule has 0 aromatic carbocycles. The van der Waals surface area contributed by atoms with E-state index in [1.54, 1.807) is 12.7 Å². The second-order valence-electron chi connectivity index (χ2n) is 7.05. The summed E-state index contributed by atoms with van der Waals surface area (Å²) in [6, 6.07) is 0.433. The molecule has 0 saturated carbocycles. The van der Waals surface area contributed by atoms with E-state index in [0.29, 0.717) is 11.5 Å². The zero-order valence-corrected chi connectivity index (χ0v) is 14.8. The molecule has 6 nitrogen and oxygen atoms in total. The van der Waals surface area contributed by atoms with Gasteiger partial charge in [-0.1, -0.05) is 20.8 Å². The third kappa shape index (κ3) is 8.64. The van der Waals surface area contributed by atoms with E-state index in [1.807, 2.05) is 11.6 Å². The van der Waals surface area contributed by atoms with Crippen molar-refractivity contribution in [2.24, 2.45) is 10.4 Å². The summed E-state index contributed by atoms with van der Waals surface area (Å²) in [7, 11) is 1.82. The first-order chi connectivity index (χ1) is 10.4. The van der Waals surface area contributed by atoms with E-state index in [-0.39, 0.29) is 0 Å². The van der Waals surface area contributed by atoms with Crippen LogP contribution < -0.4 is 10.6 Å². The molecule has 1 rings (SSSR count). The number of aromatic nitrogens is 3. The van der Waals surface area contributed by atoms with E-state index in [9.17, 15) is 0 Å². The van der Waals surface area contributed by atoms with Gasteiger partial charge >= 0.3 is 0 Å². The molecule has 22 heavy (non-hydrogen) atoms. The molecule has 0 aliphatic carbocycles. The number of nitrogens with one attached hydrogen (secondary N) is 2. The van der Waals surface area contributed by atoms with E-state index in [4.69, 9.17) is 0 Å². The Morgan fingerprint density at radius 1 is 1.23 bits per heavy atom. The Bertz CT molecular complexity index is 418. The molecule has 0 saturated heterocycles. The predicted molar refractivity (Wildman–Crippen MR) is 91.9 cm³/mol. The Kier molecular flexibility index (Phi) is 7.91. The summed E-state index contributed by atoms with van der Waals surface area (Å²) < 4.78 is 2.00. The van der Waals surface area contributed by atoms with Gasteiger partial charge in [0, 0.05) is 26.2 Å². The second kappa shape index (κ2) is 9.43. The molecular formula is C16H32N6. The van der Waals surface area contributed by atoms with Gasteiger partial charge in [0.25, 0.3) is 0 Å². The van der Waals surface area contributed by atoms with Crippen molar-refractivity contribution in [3.63, 3.8) is 0 Å². The van der Waals surface area contributed by atoms with Gasteiger partial charge in [0.15, 0.2) is 5.96 Å². The van der Waals surface area contributed by atoms with E-state index in [0.717, 1.165) is 38.3 Å². The van der Waals surface area contributed by atoms with Crippen LogP contribution in [0.1, 0.15) is 53.4 Å². The summed E-state index contributed by atoms with van der Waals surface area (Å²) in [4.78, 5) is 4.29. The molecule has 0 aliphatic rings. The topological polar surface area (TPSA) is 67.1 Å². The van der Waals surface area contributed by atoms with Crippen LogP contribution >= 0.6 is 0 Å². The normalized spacial score (nSPS) is 14.0. The highest BCUT2D eigenvalue weighted by Gasteiger charge is 2.13. The van der Waals surface area contributed by atoms with Gasteiger partial charge in [0.2, 0.25) is 0 Å². The van der Waals surface area contributed by atoms with Crippen LogP contribution in [0.4, 0.5) is 0 Å². The summed E-state index contributed by atoms with van der Waals surface area (Å²) in [6.45, 7) is 10.9. The second-order valence-corrected chi connectivity index (χ2v) is 7.05. The highest BCUT2D eigenvalue weighted by molar-refractivity contribution is 5.79.